The van der Waals surface area contributed by atoms with Crippen LogP contribution in [0.5, 0.6) is 0 Å². The molecule has 0 spiro atoms. The van der Waals surface area contributed by atoms with E-state index in [2.05, 4.69) is 4.98 Å². The van der Waals surface area contributed by atoms with Crippen molar-refractivity contribution in [1.82, 2.24) is 4.98 Å². The Morgan fingerprint density at radius 1 is 1.50 bits per heavy atom. The Morgan fingerprint density at radius 3 is 2.75 bits per heavy atom. The molecule has 5 nitrogen and oxygen atoms in total. The number of nitrogens with zero attached hydrogens (tertiary/aromatic N) is 2. The molecule has 1 aliphatic rings. The van der Waals surface area contributed by atoms with Crippen molar-refractivity contribution in [3.63, 3.8) is 0 Å². The molecule has 16 heavy (non-hydrogen) atoms. The highest BCUT2D eigenvalue weighted by Gasteiger charge is 2.23. The molecule has 1 aromatic heterocycles. The molecule has 1 fully saturated rings. The van der Waals surface area contributed by atoms with E-state index in [4.69, 9.17) is 5.11 Å². The van der Waals surface area contributed by atoms with Crippen LogP contribution < -0.4 is 4.90 Å². The first-order chi connectivity index (χ1) is 7.59. The zero-order valence-electron chi connectivity index (χ0n) is 8.93. The third-order valence-corrected chi connectivity index (χ3v) is 2.65. The minimum Gasteiger partial charge on any atom is -0.478 e. The summed E-state index contributed by atoms with van der Waals surface area (Å²) in [7, 11) is 0. The molecule has 0 bridgehead atoms. The lowest BCUT2D eigenvalue weighted by atomic mass is 10.2. The lowest BCUT2D eigenvalue weighted by Crippen LogP contribution is -2.25. The van der Waals surface area contributed by atoms with Crippen molar-refractivity contribution in [2.24, 2.45) is 0 Å². The minimum atomic E-state index is -0.996. The van der Waals surface area contributed by atoms with Crippen LogP contribution in [-0.2, 0) is 4.79 Å². The second-order valence-electron chi connectivity index (χ2n) is 3.76. The van der Waals surface area contributed by atoms with Crippen molar-refractivity contribution in [2.75, 3.05) is 11.4 Å². The van der Waals surface area contributed by atoms with Gasteiger partial charge in [-0.2, -0.15) is 0 Å². The molecule has 0 unspecified atom stereocenters. The fraction of sp³-hybridized carbons (Fsp3) is 0.364. The molecule has 5 heteroatoms. The predicted molar refractivity (Wildman–Crippen MR) is 57.5 cm³/mol. The van der Waals surface area contributed by atoms with Gasteiger partial charge in [-0.05, 0) is 25.5 Å². The van der Waals surface area contributed by atoms with Crippen molar-refractivity contribution < 1.29 is 14.7 Å². The van der Waals surface area contributed by atoms with Gasteiger partial charge in [0.05, 0.1) is 11.3 Å². The van der Waals surface area contributed by atoms with Gasteiger partial charge >= 0.3 is 5.97 Å². The Morgan fingerprint density at radius 2 is 2.25 bits per heavy atom. The van der Waals surface area contributed by atoms with Gasteiger partial charge in [-0.25, -0.2) is 9.78 Å². The summed E-state index contributed by atoms with van der Waals surface area (Å²) in [6.07, 6.45) is 1.38. The lowest BCUT2D eigenvalue weighted by Gasteiger charge is -2.15. The van der Waals surface area contributed by atoms with Gasteiger partial charge in [0.1, 0.15) is 5.82 Å². The number of hydrogen-bond acceptors (Lipinski definition) is 3. The van der Waals surface area contributed by atoms with E-state index < -0.39 is 5.97 Å². The Bertz CT molecular complexity index is 457. The first-order valence-electron chi connectivity index (χ1n) is 5.11. The smallest absolute Gasteiger partial charge is 0.337 e. The number of aromatic carboxylic acids is 1. The molecule has 0 atom stereocenters. The largest absolute Gasteiger partial charge is 0.478 e. The zero-order valence-corrected chi connectivity index (χ0v) is 8.93. The summed E-state index contributed by atoms with van der Waals surface area (Å²) < 4.78 is 0. The third-order valence-electron chi connectivity index (χ3n) is 2.65. The number of pyridine rings is 1. The van der Waals surface area contributed by atoms with E-state index in [1.54, 1.807) is 17.9 Å². The van der Waals surface area contributed by atoms with Gasteiger partial charge in [0.25, 0.3) is 0 Å². The third kappa shape index (κ3) is 1.76. The van der Waals surface area contributed by atoms with Gasteiger partial charge in [-0.3, -0.25) is 9.69 Å². The number of rotatable bonds is 2. The van der Waals surface area contributed by atoms with E-state index in [0.29, 0.717) is 24.5 Å². The zero-order chi connectivity index (χ0) is 11.7. The topological polar surface area (TPSA) is 70.5 Å². The normalized spacial score (nSPS) is 15.6. The van der Waals surface area contributed by atoms with E-state index in [1.807, 2.05) is 0 Å². The van der Waals surface area contributed by atoms with Crippen LogP contribution in [0.1, 0.15) is 28.9 Å². The quantitative estimate of drug-likeness (QED) is 0.813. The summed E-state index contributed by atoms with van der Waals surface area (Å²) in [4.78, 5) is 28.0. The van der Waals surface area contributed by atoms with Crippen LogP contribution in [0.15, 0.2) is 12.1 Å². The fourth-order valence-electron chi connectivity index (χ4n) is 1.81. The molecule has 1 aliphatic heterocycles. The summed E-state index contributed by atoms with van der Waals surface area (Å²) in [5.41, 5.74) is 0.611. The summed E-state index contributed by atoms with van der Waals surface area (Å²) in [5.74, 6) is -0.399. The van der Waals surface area contributed by atoms with Crippen molar-refractivity contribution in [3.05, 3.63) is 23.4 Å². The summed E-state index contributed by atoms with van der Waals surface area (Å²) in [5, 5.41) is 8.85. The molecule has 1 saturated heterocycles. The fourth-order valence-corrected chi connectivity index (χ4v) is 1.81. The summed E-state index contributed by atoms with van der Waals surface area (Å²) in [6.45, 7) is 2.30. The van der Waals surface area contributed by atoms with Crippen LogP contribution in [0.4, 0.5) is 5.82 Å². The molecule has 2 rings (SSSR count). The van der Waals surface area contributed by atoms with Crippen molar-refractivity contribution in [3.8, 4) is 0 Å². The van der Waals surface area contributed by atoms with Gasteiger partial charge in [0, 0.05) is 13.0 Å². The maximum absolute atomic E-state index is 11.5. The van der Waals surface area contributed by atoms with Crippen molar-refractivity contribution in [2.45, 2.75) is 19.8 Å². The van der Waals surface area contributed by atoms with Crippen LogP contribution in [-0.4, -0.2) is 28.5 Å². The number of hydrogen-bond donors (Lipinski definition) is 1. The number of anilines is 1. The molecular weight excluding hydrogens is 208 g/mol. The van der Waals surface area contributed by atoms with Gasteiger partial charge in [-0.1, -0.05) is 0 Å². The molecule has 84 valence electrons. The lowest BCUT2D eigenvalue weighted by molar-refractivity contribution is -0.117. The molecule has 0 aromatic carbocycles. The molecule has 1 amide bonds. The second-order valence-corrected chi connectivity index (χ2v) is 3.76. The van der Waals surface area contributed by atoms with Crippen LogP contribution >= 0.6 is 0 Å². The summed E-state index contributed by atoms with van der Waals surface area (Å²) in [6, 6.07) is 3.07. The maximum atomic E-state index is 11.5. The molecule has 1 N–H and O–H groups in total. The van der Waals surface area contributed by atoms with E-state index in [-0.39, 0.29) is 11.5 Å². The van der Waals surface area contributed by atoms with Crippen LogP contribution in [0.25, 0.3) is 0 Å². The van der Waals surface area contributed by atoms with Gasteiger partial charge in [0.2, 0.25) is 5.91 Å². The van der Waals surface area contributed by atoms with Crippen LogP contribution in [0.2, 0.25) is 0 Å². The summed E-state index contributed by atoms with van der Waals surface area (Å²) >= 11 is 0. The average Bonchev–Trinajstić information content (AvgIpc) is 2.63. The Labute approximate surface area is 92.7 Å². The Balaban J connectivity index is 2.34. The average molecular weight is 220 g/mol. The minimum absolute atomic E-state index is 0.0509. The standard InChI is InChI=1S/C11H12N2O3/c1-7-8(11(15)16)4-5-9(12-7)13-6-2-3-10(13)14/h4-5H,2-3,6H2,1H3,(H,15,16). The number of aromatic nitrogens is 1. The van der Waals surface area contributed by atoms with Crippen molar-refractivity contribution in [1.29, 1.82) is 0 Å². The Hall–Kier alpha value is -1.91. The molecule has 2 heterocycles. The van der Waals surface area contributed by atoms with Gasteiger partial charge in [-0.15, -0.1) is 0 Å². The highest BCUT2D eigenvalue weighted by molar-refractivity contribution is 5.95. The van der Waals surface area contributed by atoms with E-state index in [1.165, 1.54) is 6.07 Å². The van der Waals surface area contributed by atoms with Gasteiger partial charge < -0.3 is 5.11 Å². The predicted octanol–water partition coefficient (Wildman–Crippen LogP) is 1.22. The maximum Gasteiger partial charge on any atom is 0.337 e. The van der Waals surface area contributed by atoms with E-state index in [9.17, 15) is 9.59 Å². The van der Waals surface area contributed by atoms with Crippen LogP contribution in [0.3, 0.4) is 0 Å². The SMILES string of the molecule is Cc1nc(N2CCCC2=O)ccc1C(=O)O. The van der Waals surface area contributed by atoms with E-state index >= 15 is 0 Å². The number of carbonyl (C=O) groups excluding carboxylic acids is 1. The molecular formula is C11H12N2O3. The first kappa shape index (κ1) is 10.6. The first-order valence-corrected chi connectivity index (χ1v) is 5.11. The number of amides is 1. The second kappa shape index (κ2) is 3.92. The number of carboxylic acid groups (broad SMARTS) is 1. The van der Waals surface area contributed by atoms with Gasteiger partial charge in [0.15, 0.2) is 0 Å². The molecule has 0 saturated carbocycles. The van der Waals surface area contributed by atoms with E-state index in [0.717, 1.165) is 6.42 Å². The Kier molecular flexibility index (Phi) is 2.60. The van der Waals surface area contributed by atoms with Crippen LogP contribution in [0, 0.1) is 6.92 Å². The number of carbonyl (C=O) groups is 2. The number of carboxylic acids is 1. The molecule has 0 radical (unpaired) electrons. The highest BCUT2D eigenvalue weighted by atomic mass is 16.4. The van der Waals surface area contributed by atoms with Crippen molar-refractivity contribution >= 4 is 17.7 Å². The molecule has 1 aromatic rings. The monoisotopic (exact) mass is 220 g/mol. The molecule has 0 aliphatic carbocycles. The highest BCUT2D eigenvalue weighted by Crippen LogP contribution is 2.20. The number of aryl methyl sites for hydroxylation is 1.